The summed E-state index contributed by atoms with van der Waals surface area (Å²) >= 11 is 1.68. The topological polar surface area (TPSA) is 41.1 Å². The van der Waals surface area contributed by atoms with Crippen LogP contribution in [-0.4, -0.2) is 24.7 Å². The van der Waals surface area contributed by atoms with Crippen LogP contribution >= 0.6 is 11.8 Å². The molecule has 2 N–H and O–H groups in total. The summed E-state index contributed by atoms with van der Waals surface area (Å²) in [4.78, 5) is 13.3. The highest BCUT2D eigenvalue weighted by atomic mass is 32.2. The van der Waals surface area contributed by atoms with Gasteiger partial charge in [0, 0.05) is 10.6 Å². The fourth-order valence-electron chi connectivity index (χ4n) is 2.18. The monoisotopic (exact) mass is 264 g/mol. The Kier molecular flexibility index (Phi) is 5.08. The zero-order chi connectivity index (χ0) is 12.8. The van der Waals surface area contributed by atoms with Crippen molar-refractivity contribution in [2.24, 2.45) is 0 Å². The maximum Gasteiger partial charge on any atom is 0.241 e. The smallest absolute Gasteiger partial charge is 0.241 e. The predicted molar refractivity (Wildman–Crippen MR) is 77.1 cm³/mol. The summed E-state index contributed by atoms with van der Waals surface area (Å²) in [6.45, 7) is 0.947. The number of benzene rings is 1. The van der Waals surface area contributed by atoms with E-state index in [2.05, 4.69) is 10.6 Å². The molecule has 0 spiro atoms. The molecule has 0 radical (unpaired) electrons. The molecule has 0 aromatic heterocycles. The second-order valence-electron chi connectivity index (χ2n) is 4.58. The standard InChI is InChI=1S/C14H20N2OS/c1-18-12-7-5-6-11(10-12)16-14(17)13-8-3-2-4-9-15-13/h5-7,10,13,15H,2-4,8-9H2,1H3,(H,16,17). The molecule has 0 bridgehead atoms. The van der Waals surface area contributed by atoms with E-state index >= 15 is 0 Å². The first-order valence-corrected chi connectivity index (χ1v) is 7.70. The lowest BCUT2D eigenvalue weighted by Crippen LogP contribution is -2.39. The first kappa shape index (κ1) is 13.4. The van der Waals surface area contributed by atoms with Crippen molar-refractivity contribution in [3.63, 3.8) is 0 Å². The van der Waals surface area contributed by atoms with Gasteiger partial charge in [-0.25, -0.2) is 0 Å². The molecule has 3 nitrogen and oxygen atoms in total. The van der Waals surface area contributed by atoms with Crippen LogP contribution < -0.4 is 10.6 Å². The van der Waals surface area contributed by atoms with Gasteiger partial charge in [0.25, 0.3) is 0 Å². The normalized spacial score (nSPS) is 20.2. The van der Waals surface area contributed by atoms with E-state index in [1.54, 1.807) is 11.8 Å². The number of amides is 1. The second kappa shape index (κ2) is 6.81. The Morgan fingerprint density at radius 1 is 1.39 bits per heavy atom. The van der Waals surface area contributed by atoms with E-state index in [-0.39, 0.29) is 11.9 Å². The lowest BCUT2D eigenvalue weighted by atomic mass is 10.1. The molecule has 18 heavy (non-hydrogen) atoms. The summed E-state index contributed by atoms with van der Waals surface area (Å²) in [7, 11) is 0. The van der Waals surface area contributed by atoms with Gasteiger partial charge in [0.15, 0.2) is 0 Å². The predicted octanol–water partition coefficient (Wildman–Crippen LogP) is 2.88. The Morgan fingerprint density at radius 3 is 3.11 bits per heavy atom. The Hall–Kier alpha value is -1.00. The molecule has 1 saturated heterocycles. The fourth-order valence-corrected chi connectivity index (χ4v) is 2.64. The van der Waals surface area contributed by atoms with E-state index in [0.717, 1.165) is 25.1 Å². The molecule has 1 unspecified atom stereocenters. The van der Waals surface area contributed by atoms with Crippen LogP contribution in [0.25, 0.3) is 0 Å². The van der Waals surface area contributed by atoms with Crippen LogP contribution in [0.3, 0.4) is 0 Å². The maximum absolute atomic E-state index is 12.1. The molecule has 1 heterocycles. The van der Waals surface area contributed by atoms with Crippen LogP contribution in [0, 0.1) is 0 Å². The van der Waals surface area contributed by atoms with Crippen molar-refractivity contribution in [1.29, 1.82) is 0 Å². The molecule has 4 heteroatoms. The van der Waals surface area contributed by atoms with Gasteiger partial charge in [-0.2, -0.15) is 0 Å². The van der Waals surface area contributed by atoms with Gasteiger partial charge >= 0.3 is 0 Å². The van der Waals surface area contributed by atoms with Crippen molar-refractivity contribution in [2.45, 2.75) is 36.6 Å². The van der Waals surface area contributed by atoms with Crippen LogP contribution in [0.15, 0.2) is 29.2 Å². The van der Waals surface area contributed by atoms with Gasteiger partial charge in [0.2, 0.25) is 5.91 Å². The highest BCUT2D eigenvalue weighted by molar-refractivity contribution is 7.98. The molecular formula is C14H20N2OS. The Labute approximate surface area is 113 Å². The van der Waals surface area contributed by atoms with E-state index in [1.807, 2.05) is 30.5 Å². The quantitative estimate of drug-likeness (QED) is 0.825. The Morgan fingerprint density at radius 2 is 2.28 bits per heavy atom. The number of carbonyl (C=O) groups is 1. The molecule has 1 aliphatic rings. The average molecular weight is 264 g/mol. The van der Waals surface area contributed by atoms with Crippen molar-refractivity contribution in [3.8, 4) is 0 Å². The van der Waals surface area contributed by atoms with Gasteiger partial charge in [0.05, 0.1) is 6.04 Å². The van der Waals surface area contributed by atoms with Crippen molar-refractivity contribution >= 4 is 23.4 Å². The third-order valence-electron chi connectivity index (χ3n) is 3.21. The van der Waals surface area contributed by atoms with Gasteiger partial charge < -0.3 is 10.6 Å². The number of carbonyl (C=O) groups excluding carboxylic acids is 1. The largest absolute Gasteiger partial charge is 0.325 e. The van der Waals surface area contributed by atoms with E-state index in [1.165, 1.54) is 17.7 Å². The van der Waals surface area contributed by atoms with Crippen LogP contribution in [0.2, 0.25) is 0 Å². The van der Waals surface area contributed by atoms with E-state index in [9.17, 15) is 4.79 Å². The molecule has 1 aromatic carbocycles. The highest BCUT2D eigenvalue weighted by Crippen LogP contribution is 2.19. The van der Waals surface area contributed by atoms with Gasteiger partial charge in [-0.15, -0.1) is 11.8 Å². The maximum atomic E-state index is 12.1. The second-order valence-corrected chi connectivity index (χ2v) is 5.46. The number of anilines is 1. The zero-order valence-corrected chi connectivity index (χ0v) is 11.6. The number of nitrogens with one attached hydrogen (secondary N) is 2. The van der Waals surface area contributed by atoms with Crippen LogP contribution in [-0.2, 0) is 4.79 Å². The molecule has 1 amide bonds. The van der Waals surface area contributed by atoms with E-state index in [4.69, 9.17) is 0 Å². The molecule has 0 saturated carbocycles. The first-order chi connectivity index (χ1) is 8.79. The minimum Gasteiger partial charge on any atom is -0.325 e. The Balaban J connectivity index is 1.96. The van der Waals surface area contributed by atoms with Crippen LogP contribution in [0.1, 0.15) is 25.7 Å². The third kappa shape index (κ3) is 3.75. The van der Waals surface area contributed by atoms with Gasteiger partial charge in [-0.05, 0) is 43.8 Å². The molecule has 1 aliphatic heterocycles. The highest BCUT2D eigenvalue weighted by Gasteiger charge is 2.19. The number of thioether (sulfide) groups is 1. The number of rotatable bonds is 3. The summed E-state index contributed by atoms with van der Waals surface area (Å²) in [5.41, 5.74) is 0.887. The minimum atomic E-state index is -0.0366. The average Bonchev–Trinajstić information content (AvgIpc) is 2.68. The van der Waals surface area contributed by atoms with Crippen molar-refractivity contribution in [2.75, 3.05) is 18.1 Å². The van der Waals surface area contributed by atoms with E-state index < -0.39 is 0 Å². The third-order valence-corrected chi connectivity index (χ3v) is 3.94. The van der Waals surface area contributed by atoms with Gasteiger partial charge in [0.1, 0.15) is 0 Å². The summed E-state index contributed by atoms with van der Waals surface area (Å²) in [5, 5.41) is 6.31. The number of hydrogen-bond donors (Lipinski definition) is 2. The molecule has 1 atom stereocenters. The zero-order valence-electron chi connectivity index (χ0n) is 10.7. The first-order valence-electron chi connectivity index (χ1n) is 6.48. The summed E-state index contributed by atoms with van der Waals surface area (Å²) in [6.07, 6.45) is 6.50. The SMILES string of the molecule is CSc1cccc(NC(=O)C2CCCCCN2)c1. The van der Waals surface area contributed by atoms with Crippen molar-refractivity contribution in [3.05, 3.63) is 24.3 Å². The molecule has 2 rings (SSSR count). The fraction of sp³-hybridized carbons (Fsp3) is 0.500. The molecule has 1 aromatic rings. The summed E-state index contributed by atoms with van der Waals surface area (Å²) in [5.74, 6) is 0.0927. The lowest BCUT2D eigenvalue weighted by Gasteiger charge is -2.15. The molecular weight excluding hydrogens is 244 g/mol. The van der Waals surface area contributed by atoms with Gasteiger partial charge in [-0.3, -0.25) is 4.79 Å². The van der Waals surface area contributed by atoms with Crippen molar-refractivity contribution < 1.29 is 4.79 Å². The molecule has 0 aliphatic carbocycles. The Bertz CT molecular complexity index is 401. The van der Waals surface area contributed by atoms with Crippen LogP contribution in [0.5, 0.6) is 0 Å². The van der Waals surface area contributed by atoms with Gasteiger partial charge in [-0.1, -0.05) is 18.9 Å². The van der Waals surface area contributed by atoms with Crippen LogP contribution in [0.4, 0.5) is 5.69 Å². The number of hydrogen-bond acceptors (Lipinski definition) is 3. The lowest BCUT2D eigenvalue weighted by molar-refractivity contribution is -0.118. The molecule has 98 valence electrons. The molecule has 1 fully saturated rings. The van der Waals surface area contributed by atoms with E-state index in [0.29, 0.717) is 0 Å². The minimum absolute atomic E-state index is 0.0366. The summed E-state index contributed by atoms with van der Waals surface area (Å²) < 4.78 is 0. The van der Waals surface area contributed by atoms with Crippen molar-refractivity contribution in [1.82, 2.24) is 5.32 Å². The summed E-state index contributed by atoms with van der Waals surface area (Å²) in [6, 6.07) is 7.94.